The van der Waals surface area contributed by atoms with Gasteiger partial charge in [0.15, 0.2) is 0 Å². The van der Waals surface area contributed by atoms with E-state index in [1.54, 1.807) is 35.9 Å². The van der Waals surface area contributed by atoms with Gasteiger partial charge >= 0.3 is 0 Å². The van der Waals surface area contributed by atoms with Gasteiger partial charge in [0.1, 0.15) is 11.5 Å². The van der Waals surface area contributed by atoms with Crippen molar-refractivity contribution in [3.63, 3.8) is 0 Å². The van der Waals surface area contributed by atoms with Gasteiger partial charge < -0.3 is 10.3 Å². The van der Waals surface area contributed by atoms with Crippen LogP contribution in [0.15, 0.2) is 53.1 Å². The van der Waals surface area contributed by atoms with Gasteiger partial charge in [-0.05, 0) is 30.3 Å². The van der Waals surface area contributed by atoms with Gasteiger partial charge in [0, 0.05) is 14.0 Å². The predicted molar refractivity (Wildman–Crippen MR) is 99.5 cm³/mol. The van der Waals surface area contributed by atoms with E-state index in [1.807, 2.05) is 19.2 Å². The fourth-order valence-electron chi connectivity index (χ4n) is 2.23. The number of amides is 1. The third-order valence-electron chi connectivity index (χ3n) is 3.47. The maximum absolute atomic E-state index is 11.9. The van der Waals surface area contributed by atoms with Crippen LogP contribution in [0.2, 0.25) is 0 Å². The summed E-state index contributed by atoms with van der Waals surface area (Å²) in [4.78, 5) is 16.7. The number of benzene rings is 1. The Bertz CT molecular complexity index is 1050. The highest BCUT2D eigenvalue weighted by atomic mass is 32.1. The summed E-state index contributed by atoms with van der Waals surface area (Å²) in [5.74, 6) is 0.315. The van der Waals surface area contributed by atoms with Gasteiger partial charge in [-0.15, -0.1) is 11.3 Å². The highest BCUT2D eigenvalue weighted by molar-refractivity contribution is 7.17. The monoisotopic (exact) mass is 385 g/mol. The van der Waals surface area contributed by atoms with Crippen LogP contribution in [0, 0.1) is 12.7 Å². The summed E-state index contributed by atoms with van der Waals surface area (Å²) in [5.41, 5.74) is 6.74. The lowest BCUT2D eigenvalue weighted by atomic mass is 10.3. The van der Waals surface area contributed by atoms with Crippen molar-refractivity contribution >= 4 is 17.2 Å². The van der Waals surface area contributed by atoms with Gasteiger partial charge in [0.2, 0.25) is 11.7 Å². The Labute approximate surface area is 158 Å². The average molecular weight is 385 g/mol. The molecule has 7 nitrogen and oxygen atoms in total. The van der Waals surface area contributed by atoms with Crippen LogP contribution in [-0.2, 0) is 7.05 Å². The Morgan fingerprint density at radius 1 is 1.22 bits per heavy atom. The van der Waals surface area contributed by atoms with Crippen LogP contribution in [0.3, 0.4) is 0 Å². The molecular formula is C18H16FN5O2S. The molecule has 0 saturated heterocycles. The quantitative estimate of drug-likeness (QED) is 0.582. The lowest BCUT2D eigenvalue weighted by molar-refractivity contribution is 0.100. The highest BCUT2D eigenvalue weighted by Crippen LogP contribution is 2.30. The molecule has 0 aliphatic heterocycles. The molecule has 0 radical (unpaired) electrons. The van der Waals surface area contributed by atoms with Crippen LogP contribution in [0.4, 0.5) is 4.39 Å². The van der Waals surface area contributed by atoms with E-state index in [9.17, 15) is 9.18 Å². The number of carbonyl (C=O) groups is 1. The summed E-state index contributed by atoms with van der Waals surface area (Å²) in [5, 5.41) is 8.18. The van der Waals surface area contributed by atoms with Crippen molar-refractivity contribution in [2.24, 2.45) is 12.8 Å². The van der Waals surface area contributed by atoms with Crippen molar-refractivity contribution in [3.8, 4) is 22.1 Å². The molecule has 1 aromatic carbocycles. The van der Waals surface area contributed by atoms with Crippen LogP contribution < -0.4 is 5.73 Å². The number of hydrogen-bond acceptors (Lipinski definition) is 6. The summed E-state index contributed by atoms with van der Waals surface area (Å²) in [6.07, 6.45) is 0. The number of aromatic nitrogens is 4. The van der Waals surface area contributed by atoms with Crippen molar-refractivity contribution in [1.82, 2.24) is 19.9 Å². The fourth-order valence-corrected chi connectivity index (χ4v) is 3.14. The molecule has 0 fully saturated rings. The standard InChI is InChI=1S/C12H11N5O2S.C6H5F/c1-6-14-12(16-19-6)7-5-8(17(2)15-7)9-3-4-10(20-9)11(13)18;7-6-4-2-1-3-5-6/h3-5H,1-2H3,(H2,13,18);1-5H. The summed E-state index contributed by atoms with van der Waals surface area (Å²) >= 11 is 1.32. The molecule has 3 aromatic heterocycles. The average Bonchev–Trinajstić information content (AvgIpc) is 3.35. The molecule has 1 amide bonds. The number of thiophene rings is 1. The molecule has 0 saturated carbocycles. The minimum absolute atomic E-state index is 0.178. The van der Waals surface area contributed by atoms with Gasteiger partial charge in [-0.3, -0.25) is 9.48 Å². The zero-order valence-corrected chi connectivity index (χ0v) is 15.4. The molecular weight excluding hydrogens is 369 g/mol. The summed E-state index contributed by atoms with van der Waals surface area (Å²) < 4.78 is 18.6. The minimum Gasteiger partial charge on any atom is -0.365 e. The number of nitrogens with zero attached hydrogens (tertiary/aromatic N) is 4. The third-order valence-corrected chi connectivity index (χ3v) is 4.59. The van der Waals surface area contributed by atoms with Crippen molar-refractivity contribution in [2.45, 2.75) is 6.92 Å². The highest BCUT2D eigenvalue weighted by Gasteiger charge is 2.15. The van der Waals surface area contributed by atoms with E-state index >= 15 is 0 Å². The number of nitrogens with two attached hydrogens (primary N) is 1. The van der Waals surface area contributed by atoms with Gasteiger partial charge in [-0.1, -0.05) is 23.4 Å². The van der Waals surface area contributed by atoms with Crippen LogP contribution >= 0.6 is 11.3 Å². The molecule has 0 spiro atoms. The second kappa shape index (κ2) is 7.92. The van der Waals surface area contributed by atoms with Crippen molar-refractivity contribution in [3.05, 3.63) is 65.1 Å². The Kier molecular flexibility index (Phi) is 5.41. The van der Waals surface area contributed by atoms with Crippen molar-refractivity contribution in [1.29, 1.82) is 0 Å². The maximum atomic E-state index is 11.9. The molecule has 4 aromatic rings. The zero-order valence-electron chi connectivity index (χ0n) is 14.6. The van der Waals surface area contributed by atoms with E-state index in [4.69, 9.17) is 10.3 Å². The second-order valence-electron chi connectivity index (χ2n) is 5.50. The van der Waals surface area contributed by atoms with E-state index in [2.05, 4.69) is 15.2 Å². The summed E-state index contributed by atoms with van der Waals surface area (Å²) in [7, 11) is 1.81. The first-order valence-electron chi connectivity index (χ1n) is 7.89. The molecule has 138 valence electrons. The summed E-state index contributed by atoms with van der Waals surface area (Å²) in [6, 6.07) is 13.3. The van der Waals surface area contributed by atoms with Gasteiger partial charge in [-0.2, -0.15) is 10.1 Å². The minimum atomic E-state index is -0.433. The lowest BCUT2D eigenvalue weighted by Crippen LogP contribution is -2.07. The van der Waals surface area contributed by atoms with Crippen molar-refractivity contribution in [2.75, 3.05) is 0 Å². The van der Waals surface area contributed by atoms with E-state index in [0.29, 0.717) is 22.3 Å². The van der Waals surface area contributed by atoms with E-state index in [-0.39, 0.29) is 5.82 Å². The molecule has 0 aliphatic carbocycles. The topological polar surface area (TPSA) is 99.8 Å². The Morgan fingerprint density at radius 2 is 1.96 bits per heavy atom. The van der Waals surface area contributed by atoms with Crippen LogP contribution in [0.25, 0.3) is 22.1 Å². The molecule has 2 N–H and O–H groups in total. The van der Waals surface area contributed by atoms with Crippen LogP contribution in [-0.4, -0.2) is 25.8 Å². The molecule has 0 bridgehead atoms. The van der Waals surface area contributed by atoms with E-state index in [1.165, 1.54) is 23.5 Å². The van der Waals surface area contributed by atoms with Crippen molar-refractivity contribution < 1.29 is 13.7 Å². The van der Waals surface area contributed by atoms with E-state index in [0.717, 1.165) is 10.6 Å². The normalized spacial score (nSPS) is 10.3. The fraction of sp³-hybridized carbons (Fsp3) is 0.111. The Balaban J connectivity index is 0.000000253. The number of rotatable bonds is 3. The largest absolute Gasteiger partial charge is 0.365 e. The molecule has 0 atom stereocenters. The number of aryl methyl sites for hydroxylation is 2. The molecule has 9 heteroatoms. The molecule has 27 heavy (non-hydrogen) atoms. The first-order chi connectivity index (χ1) is 12.9. The third kappa shape index (κ3) is 4.45. The van der Waals surface area contributed by atoms with Gasteiger partial charge in [0.25, 0.3) is 5.91 Å². The number of halogens is 1. The SMILES string of the molecule is Cc1nc(-c2cc(-c3ccc(C(N)=O)s3)n(C)n2)no1.Fc1ccccc1. The predicted octanol–water partition coefficient (Wildman–Crippen LogP) is 3.43. The lowest BCUT2D eigenvalue weighted by Gasteiger charge is -1.95. The molecule has 4 rings (SSSR count). The molecule has 3 heterocycles. The number of carbonyl (C=O) groups excluding carboxylic acids is 1. The summed E-state index contributed by atoms with van der Waals surface area (Å²) in [6.45, 7) is 1.72. The smallest absolute Gasteiger partial charge is 0.258 e. The zero-order chi connectivity index (χ0) is 19.4. The number of hydrogen-bond donors (Lipinski definition) is 1. The van der Waals surface area contributed by atoms with Crippen LogP contribution in [0.1, 0.15) is 15.6 Å². The van der Waals surface area contributed by atoms with E-state index < -0.39 is 5.91 Å². The first kappa shape index (κ1) is 18.5. The Hall–Kier alpha value is -3.33. The van der Waals surface area contributed by atoms with Gasteiger partial charge in [0.05, 0.1) is 15.4 Å². The second-order valence-corrected chi connectivity index (χ2v) is 6.58. The maximum Gasteiger partial charge on any atom is 0.258 e. The van der Waals surface area contributed by atoms with Crippen LogP contribution in [0.5, 0.6) is 0 Å². The molecule has 0 aliphatic rings. The molecule has 0 unspecified atom stereocenters. The number of primary amides is 1. The first-order valence-corrected chi connectivity index (χ1v) is 8.71. The Morgan fingerprint density at radius 3 is 2.48 bits per heavy atom. The van der Waals surface area contributed by atoms with Gasteiger partial charge in [-0.25, -0.2) is 4.39 Å².